The van der Waals surface area contributed by atoms with Crippen LogP contribution in [-0.2, 0) is 6.18 Å². The van der Waals surface area contributed by atoms with Gasteiger partial charge in [0.05, 0.1) is 11.3 Å². The lowest BCUT2D eigenvalue weighted by Crippen LogP contribution is -2.16. The Hall–Kier alpha value is -1.30. The maximum absolute atomic E-state index is 13.4. The molecule has 1 aromatic carbocycles. The van der Waals surface area contributed by atoms with Crippen molar-refractivity contribution < 1.29 is 17.6 Å². The largest absolute Gasteiger partial charge is 0.416 e. The first-order chi connectivity index (χ1) is 8.30. The molecule has 0 saturated heterocycles. The van der Waals surface area contributed by atoms with Crippen LogP contribution in [-0.4, -0.2) is 32.1 Å². The van der Waals surface area contributed by atoms with Crippen molar-refractivity contribution in [2.75, 3.05) is 32.5 Å². The van der Waals surface area contributed by atoms with Crippen LogP contribution in [0.2, 0.25) is 0 Å². The molecule has 0 aliphatic carbocycles. The molecule has 1 N–H and O–H groups in total. The topological polar surface area (TPSA) is 15.3 Å². The van der Waals surface area contributed by atoms with Gasteiger partial charge in [-0.2, -0.15) is 13.2 Å². The summed E-state index contributed by atoms with van der Waals surface area (Å²) in [6.45, 7) is 1.34. The molecule has 102 valence electrons. The molecule has 6 heteroatoms. The molecule has 0 spiro atoms. The van der Waals surface area contributed by atoms with E-state index in [0.717, 1.165) is 25.1 Å². The number of nitrogens with one attached hydrogen (secondary N) is 1. The molecule has 2 nitrogen and oxygen atoms in total. The third-order valence-electron chi connectivity index (χ3n) is 2.39. The molecule has 0 heterocycles. The van der Waals surface area contributed by atoms with Crippen molar-refractivity contribution in [1.82, 2.24) is 4.90 Å². The monoisotopic (exact) mass is 264 g/mol. The van der Waals surface area contributed by atoms with Gasteiger partial charge in [0, 0.05) is 6.54 Å². The summed E-state index contributed by atoms with van der Waals surface area (Å²) >= 11 is 0. The van der Waals surface area contributed by atoms with E-state index < -0.39 is 17.6 Å². The van der Waals surface area contributed by atoms with Crippen LogP contribution >= 0.6 is 0 Å². The van der Waals surface area contributed by atoms with Gasteiger partial charge in [-0.25, -0.2) is 4.39 Å². The normalized spacial score (nSPS) is 11.9. The number of rotatable bonds is 5. The van der Waals surface area contributed by atoms with E-state index in [-0.39, 0.29) is 5.69 Å². The molecular weight excluding hydrogens is 248 g/mol. The van der Waals surface area contributed by atoms with Crippen molar-refractivity contribution >= 4 is 5.69 Å². The van der Waals surface area contributed by atoms with Gasteiger partial charge in [0.25, 0.3) is 0 Å². The Bertz CT molecular complexity index is 388. The maximum Gasteiger partial charge on any atom is 0.416 e. The van der Waals surface area contributed by atoms with E-state index in [1.807, 2.05) is 19.0 Å². The van der Waals surface area contributed by atoms with E-state index in [1.54, 1.807) is 0 Å². The fourth-order valence-corrected chi connectivity index (χ4v) is 1.45. The van der Waals surface area contributed by atoms with E-state index in [2.05, 4.69) is 5.32 Å². The van der Waals surface area contributed by atoms with Crippen LogP contribution in [0, 0.1) is 5.82 Å². The van der Waals surface area contributed by atoms with Crippen molar-refractivity contribution in [3.8, 4) is 0 Å². The summed E-state index contributed by atoms with van der Waals surface area (Å²) in [5.41, 5.74) is -0.874. The van der Waals surface area contributed by atoms with E-state index >= 15 is 0 Å². The molecular formula is C12H16F4N2. The van der Waals surface area contributed by atoms with Crippen LogP contribution in [0.25, 0.3) is 0 Å². The zero-order valence-electron chi connectivity index (χ0n) is 10.3. The molecule has 0 radical (unpaired) electrons. The van der Waals surface area contributed by atoms with E-state index in [1.165, 1.54) is 0 Å². The fourth-order valence-electron chi connectivity index (χ4n) is 1.45. The Kier molecular flexibility index (Phi) is 4.95. The van der Waals surface area contributed by atoms with Gasteiger partial charge in [0.2, 0.25) is 0 Å². The highest BCUT2D eigenvalue weighted by atomic mass is 19.4. The third kappa shape index (κ3) is 4.52. The predicted molar refractivity (Wildman–Crippen MR) is 63.1 cm³/mol. The highest BCUT2D eigenvalue weighted by molar-refractivity contribution is 5.46. The third-order valence-corrected chi connectivity index (χ3v) is 2.39. The molecule has 0 saturated carbocycles. The van der Waals surface area contributed by atoms with Gasteiger partial charge in [0.15, 0.2) is 0 Å². The van der Waals surface area contributed by atoms with Crippen molar-refractivity contribution in [2.24, 2.45) is 0 Å². The molecule has 1 rings (SSSR count). The van der Waals surface area contributed by atoms with E-state index in [9.17, 15) is 17.6 Å². The second-order valence-electron chi connectivity index (χ2n) is 4.28. The first-order valence-corrected chi connectivity index (χ1v) is 5.56. The van der Waals surface area contributed by atoms with Gasteiger partial charge < -0.3 is 10.2 Å². The molecule has 0 unspecified atom stereocenters. The standard InChI is InChI=1S/C12H16F4N2/c1-18(2)7-3-6-17-11-5-4-9(8-10(11)13)12(14,15)16/h4-5,8,17H,3,6-7H2,1-2H3. The summed E-state index contributed by atoms with van der Waals surface area (Å²) < 4.78 is 50.3. The number of hydrogen-bond donors (Lipinski definition) is 1. The summed E-state index contributed by atoms with van der Waals surface area (Å²) in [4.78, 5) is 1.98. The minimum absolute atomic E-state index is 0.0988. The summed E-state index contributed by atoms with van der Waals surface area (Å²) in [6, 6.07) is 2.50. The zero-order valence-corrected chi connectivity index (χ0v) is 10.3. The quantitative estimate of drug-likeness (QED) is 0.649. The molecule has 1 aromatic rings. The lowest BCUT2D eigenvalue weighted by atomic mass is 10.2. The maximum atomic E-state index is 13.4. The molecule has 0 aromatic heterocycles. The highest BCUT2D eigenvalue weighted by Crippen LogP contribution is 2.31. The van der Waals surface area contributed by atoms with Crippen molar-refractivity contribution in [3.63, 3.8) is 0 Å². The summed E-state index contributed by atoms with van der Waals surface area (Å²) in [7, 11) is 3.83. The number of alkyl halides is 3. The average Bonchev–Trinajstić information content (AvgIpc) is 2.24. The SMILES string of the molecule is CN(C)CCCNc1ccc(C(F)(F)F)cc1F. The van der Waals surface area contributed by atoms with Gasteiger partial charge in [-0.05, 0) is 45.3 Å². The molecule has 0 bridgehead atoms. The smallest absolute Gasteiger partial charge is 0.383 e. The minimum atomic E-state index is -4.51. The first-order valence-electron chi connectivity index (χ1n) is 5.56. The van der Waals surface area contributed by atoms with E-state index in [4.69, 9.17) is 0 Å². The predicted octanol–water partition coefficient (Wildman–Crippen LogP) is 3.21. The lowest BCUT2D eigenvalue weighted by Gasteiger charge is -2.12. The Labute approximate surface area is 104 Å². The van der Waals surface area contributed by atoms with Crippen LogP contribution in [0.1, 0.15) is 12.0 Å². The summed E-state index contributed by atoms with van der Waals surface area (Å²) in [5.74, 6) is -0.880. The van der Waals surface area contributed by atoms with Gasteiger partial charge >= 0.3 is 6.18 Å². The van der Waals surface area contributed by atoms with Gasteiger partial charge in [-0.15, -0.1) is 0 Å². The number of hydrogen-bond acceptors (Lipinski definition) is 2. The van der Waals surface area contributed by atoms with Crippen molar-refractivity contribution in [1.29, 1.82) is 0 Å². The second kappa shape index (κ2) is 6.04. The molecule has 0 fully saturated rings. The molecule has 0 amide bonds. The molecule has 0 aliphatic rings. The van der Waals surface area contributed by atoms with Crippen LogP contribution < -0.4 is 5.32 Å². The van der Waals surface area contributed by atoms with E-state index in [0.29, 0.717) is 12.6 Å². The average molecular weight is 264 g/mol. The Balaban J connectivity index is 2.58. The zero-order chi connectivity index (χ0) is 13.8. The molecule has 0 atom stereocenters. The number of benzene rings is 1. The second-order valence-corrected chi connectivity index (χ2v) is 4.28. The minimum Gasteiger partial charge on any atom is -0.383 e. The van der Waals surface area contributed by atoms with Gasteiger partial charge in [-0.3, -0.25) is 0 Å². The van der Waals surface area contributed by atoms with Crippen molar-refractivity contribution in [2.45, 2.75) is 12.6 Å². The summed E-state index contributed by atoms with van der Waals surface area (Å²) in [6.07, 6.45) is -3.72. The van der Waals surface area contributed by atoms with Crippen molar-refractivity contribution in [3.05, 3.63) is 29.6 Å². The van der Waals surface area contributed by atoms with Crippen LogP contribution in [0.3, 0.4) is 0 Å². The van der Waals surface area contributed by atoms with Crippen LogP contribution in [0.5, 0.6) is 0 Å². The Morgan fingerprint density at radius 3 is 2.39 bits per heavy atom. The highest BCUT2D eigenvalue weighted by Gasteiger charge is 2.31. The molecule has 0 aliphatic heterocycles. The number of anilines is 1. The first kappa shape index (κ1) is 14.8. The number of nitrogens with zero attached hydrogens (tertiary/aromatic N) is 1. The number of halogens is 4. The Morgan fingerprint density at radius 1 is 1.22 bits per heavy atom. The fraction of sp³-hybridized carbons (Fsp3) is 0.500. The molecule has 18 heavy (non-hydrogen) atoms. The Morgan fingerprint density at radius 2 is 1.89 bits per heavy atom. The van der Waals surface area contributed by atoms with Crippen LogP contribution in [0.4, 0.5) is 23.2 Å². The van der Waals surface area contributed by atoms with Crippen LogP contribution in [0.15, 0.2) is 18.2 Å². The summed E-state index contributed by atoms with van der Waals surface area (Å²) in [5, 5.41) is 2.78. The lowest BCUT2D eigenvalue weighted by molar-refractivity contribution is -0.137. The van der Waals surface area contributed by atoms with Gasteiger partial charge in [-0.1, -0.05) is 0 Å². The van der Waals surface area contributed by atoms with Gasteiger partial charge in [0.1, 0.15) is 5.82 Å².